The maximum Gasteiger partial charge on any atom is 0.255 e. The van der Waals surface area contributed by atoms with Crippen LogP contribution < -0.4 is 26.4 Å². The lowest BCUT2D eigenvalue weighted by atomic mass is 10.1. The first kappa shape index (κ1) is 29.1. The molecule has 12 heteroatoms. The number of nitrogens with two attached hydrogens (primary N) is 1. The van der Waals surface area contributed by atoms with Crippen LogP contribution in [-0.4, -0.2) is 73.3 Å². The van der Waals surface area contributed by atoms with Crippen molar-refractivity contribution in [1.82, 2.24) is 20.9 Å². The second-order valence-electron chi connectivity index (χ2n) is 8.92. The van der Waals surface area contributed by atoms with E-state index in [-0.39, 0.29) is 75.2 Å². The van der Waals surface area contributed by atoms with Gasteiger partial charge in [0.1, 0.15) is 24.2 Å². The summed E-state index contributed by atoms with van der Waals surface area (Å²) >= 11 is 0. The van der Waals surface area contributed by atoms with Crippen LogP contribution in [0.3, 0.4) is 0 Å². The molecule has 1 aliphatic heterocycles. The summed E-state index contributed by atoms with van der Waals surface area (Å²) in [5.74, 6) is -3.18. The number of primary amides is 1. The average Bonchev–Trinajstić information content (AvgIpc) is 2.92. The van der Waals surface area contributed by atoms with Crippen molar-refractivity contribution in [3.05, 3.63) is 65.5 Å². The van der Waals surface area contributed by atoms with Crippen LogP contribution in [0, 0.1) is 5.82 Å². The summed E-state index contributed by atoms with van der Waals surface area (Å²) in [6.45, 7) is 0.587. The molecular formula is C27H32FN5O6. The Kier molecular flexibility index (Phi) is 10.8. The highest BCUT2D eigenvalue weighted by Gasteiger charge is 2.25. The summed E-state index contributed by atoms with van der Waals surface area (Å²) < 4.78 is 19.6. The molecule has 3 rings (SSSR count). The van der Waals surface area contributed by atoms with E-state index >= 15 is 0 Å². The molecule has 39 heavy (non-hydrogen) atoms. The molecule has 11 nitrogen and oxygen atoms in total. The van der Waals surface area contributed by atoms with Gasteiger partial charge in [-0.25, -0.2) is 4.39 Å². The number of halogens is 1. The van der Waals surface area contributed by atoms with Gasteiger partial charge in [-0.15, -0.1) is 0 Å². The monoisotopic (exact) mass is 541 g/mol. The Hall–Kier alpha value is -4.48. The normalized spacial score (nSPS) is 17.8. The van der Waals surface area contributed by atoms with Crippen LogP contribution in [-0.2, 0) is 14.4 Å². The molecule has 0 bridgehead atoms. The minimum Gasteiger partial charge on any atom is -0.491 e. The van der Waals surface area contributed by atoms with E-state index in [4.69, 9.17) is 10.5 Å². The van der Waals surface area contributed by atoms with E-state index in [1.165, 1.54) is 11.0 Å². The molecule has 0 fully saturated rings. The molecule has 0 unspecified atom stereocenters. The van der Waals surface area contributed by atoms with Crippen molar-refractivity contribution in [3.63, 3.8) is 0 Å². The lowest BCUT2D eigenvalue weighted by Gasteiger charge is -2.24. The van der Waals surface area contributed by atoms with Crippen molar-refractivity contribution in [2.75, 3.05) is 32.8 Å². The summed E-state index contributed by atoms with van der Waals surface area (Å²) in [7, 11) is 0. The largest absolute Gasteiger partial charge is 0.491 e. The van der Waals surface area contributed by atoms with E-state index < -0.39 is 29.6 Å². The highest BCUT2D eigenvalue weighted by atomic mass is 19.1. The Morgan fingerprint density at radius 2 is 1.79 bits per heavy atom. The third kappa shape index (κ3) is 9.09. The lowest BCUT2D eigenvalue weighted by molar-refractivity contribution is -0.123. The molecule has 0 spiro atoms. The SMILES string of the molecule is NC(=O)CC[C@@H]1NC(=O)c2cc(F)ccc2OCCNC(=O)CCCN(C(=O)c2ccccc2)CCNC1=O. The Morgan fingerprint density at radius 3 is 2.54 bits per heavy atom. The van der Waals surface area contributed by atoms with E-state index in [1.54, 1.807) is 30.3 Å². The molecule has 208 valence electrons. The number of hydrogen-bond acceptors (Lipinski definition) is 6. The first-order valence-electron chi connectivity index (χ1n) is 12.6. The topological polar surface area (TPSA) is 160 Å². The summed E-state index contributed by atoms with van der Waals surface area (Å²) in [6.07, 6.45) is 0.281. The minimum absolute atomic E-state index is 0.00185. The van der Waals surface area contributed by atoms with Gasteiger partial charge in [0.05, 0.1) is 12.1 Å². The van der Waals surface area contributed by atoms with Gasteiger partial charge < -0.3 is 31.3 Å². The number of nitrogens with one attached hydrogen (secondary N) is 3. The smallest absolute Gasteiger partial charge is 0.255 e. The van der Waals surface area contributed by atoms with Crippen LogP contribution in [0.25, 0.3) is 0 Å². The van der Waals surface area contributed by atoms with Crippen LogP contribution in [0.15, 0.2) is 48.5 Å². The Balaban J connectivity index is 1.81. The predicted octanol–water partition coefficient (Wildman–Crippen LogP) is 0.737. The number of rotatable bonds is 4. The lowest BCUT2D eigenvalue weighted by Crippen LogP contribution is -2.49. The molecule has 0 saturated heterocycles. The predicted molar refractivity (Wildman–Crippen MR) is 139 cm³/mol. The van der Waals surface area contributed by atoms with Gasteiger partial charge in [0, 0.05) is 38.0 Å². The van der Waals surface area contributed by atoms with Gasteiger partial charge in [-0.1, -0.05) is 18.2 Å². The molecule has 0 aromatic heterocycles. The minimum atomic E-state index is -1.16. The number of benzene rings is 2. The molecular weight excluding hydrogens is 509 g/mol. The average molecular weight is 542 g/mol. The Morgan fingerprint density at radius 1 is 1.03 bits per heavy atom. The molecule has 2 aromatic rings. The van der Waals surface area contributed by atoms with E-state index in [2.05, 4.69) is 16.0 Å². The van der Waals surface area contributed by atoms with Crippen molar-refractivity contribution < 1.29 is 33.1 Å². The summed E-state index contributed by atoms with van der Waals surface area (Å²) in [4.78, 5) is 64.3. The fraction of sp³-hybridized carbons (Fsp3) is 0.370. The number of amides is 5. The van der Waals surface area contributed by atoms with Crippen molar-refractivity contribution in [3.8, 4) is 5.75 Å². The first-order valence-corrected chi connectivity index (χ1v) is 12.6. The van der Waals surface area contributed by atoms with E-state index in [9.17, 15) is 28.4 Å². The molecule has 5 N–H and O–H groups in total. The number of nitrogens with zero attached hydrogens (tertiary/aromatic N) is 1. The number of hydrogen-bond donors (Lipinski definition) is 4. The molecule has 0 saturated carbocycles. The van der Waals surface area contributed by atoms with Crippen molar-refractivity contribution in [2.24, 2.45) is 5.73 Å². The molecule has 0 aliphatic carbocycles. The highest BCUT2D eigenvalue weighted by Crippen LogP contribution is 2.20. The van der Waals surface area contributed by atoms with E-state index in [0.717, 1.165) is 12.1 Å². The number of ether oxygens (including phenoxy) is 1. The third-order valence-electron chi connectivity index (χ3n) is 5.99. The zero-order chi connectivity index (χ0) is 28.2. The zero-order valence-electron chi connectivity index (χ0n) is 21.4. The number of fused-ring (bicyclic) bond motifs is 1. The quantitative estimate of drug-likeness (QED) is 0.447. The highest BCUT2D eigenvalue weighted by molar-refractivity contribution is 6.00. The van der Waals surface area contributed by atoms with Crippen LogP contribution in [0.4, 0.5) is 4.39 Å². The third-order valence-corrected chi connectivity index (χ3v) is 5.99. The second kappa shape index (κ2) is 14.5. The van der Waals surface area contributed by atoms with Gasteiger partial charge in [0.25, 0.3) is 11.8 Å². The fourth-order valence-electron chi connectivity index (χ4n) is 3.98. The fourth-order valence-corrected chi connectivity index (χ4v) is 3.98. The zero-order valence-corrected chi connectivity index (χ0v) is 21.4. The number of carbonyl (C=O) groups is 5. The van der Waals surface area contributed by atoms with Crippen LogP contribution >= 0.6 is 0 Å². The number of carbonyl (C=O) groups excluding carboxylic acids is 5. The van der Waals surface area contributed by atoms with E-state index in [0.29, 0.717) is 12.0 Å². The molecule has 1 aliphatic rings. The van der Waals surface area contributed by atoms with Gasteiger partial charge in [0.15, 0.2) is 0 Å². The van der Waals surface area contributed by atoms with Crippen molar-refractivity contribution in [1.29, 1.82) is 0 Å². The van der Waals surface area contributed by atoms with Gasteiger partial charge in [-0.2, -0.15) is 0 Å². The van der Waals surface area contributed by atoms with Gasteiger partial charge in [0.2, 0.25) is 17.7 Å². The summed E-state index contributed by atoms with van der Waals surface area (Å²) in [5, 5.41) is 7.91. The Bertz CT molecular complexity index is 1190. The standard InChI is InChI=1S/C27H32FN5O6/c28-19-8-10-22-20(17-19)25(36)32-21(9-11-23(29)34)26(37)31-12-15-33(27(38)18-5-2-1-3-6-18)14-4-7-24(35)30-13-16-39-22/h1-3,5-6,8,10,17,21H,4,7,9,11-16H2,(H2,29,34)(H,30,35)(H,31,37)(H,32,36)/t21-/m0/s1. The molecule has 1 atom stereocenters. The molecule has 0 radical (unpaired) electrons. The van der Waals surface area contributed by atoms with Crippen molar-refractivity contribution in [2.45, 2.75) is 31.7 Å². The van der Waals surface area contributed by atoms with Crippen LogP contribution in [0.5, 0.6) is 5.75 Å². The van der Waals surface area contributed by atoms with Crippen LogP contribution in [0.1, 0.15) is 46.4 Å². The molecule has 1 heterocycles. The molecule has 2 aromatic carbocycles. The van der Waals surface area contributed by atoms with Gasteiger partial charge in [-0.05, 0) is 43.2 Å². The van der Waals surface area contributed by atoms with Gasteiger partial charge >= 0.3 is 0 Å². The first-order chi connectivity index (χ1) is 18.7. The van der Waals surface area contributed by atoms with Gasteiger partial charge in [-0.3, -0.25) is 24.0 Å². The maximum absolute atomic E-state index is 14.0. The van der Waals surface area contributed by atoms with Crippen molar-refractivity contribution >= 4 is 29.5 Å². The second-order valence-corrected chi connectivity index (χ2v) is 8.92. The van der Waals surface area contributed by atoms with Crippen LogP contribution in [0.2, 0.25) is 0 Å². The molecule has 5 amide bonds. The summed E-state index contributed by atoms with van der Waals surface area (Å²) in [5.41, 5.74) is 5.55. The Labute approximate surface area is 225 Å². The van der Waals surface area contributed by atoms with E-state index in [1.807, 2.05) is 0 Å². The maximum atomic E-state index is 14.0. The summed E-state index contributed by atoms with van der Waals surface area (Å²) in [6, 6.07) is 10.8.